The fraction of sp³-hybridized carbons (Fsp3) is 0.636. The van der Waals surface area contributed by atoms with Crippen LogP contribution >= 0.6 is 0 Å². The normalized spacial score (nSPS) is 38.1. The Hall–Kier alpha value is -0.520. The summed E-state index contributed by atoms with van der Waals surface area (Å²) in [5, 5.41) is 0. The van der Waals surface area contributed by atoms with E-state index in [0.29, 0.717) is 0 Å². The number of hydrogen-bond donors (Lipinski definition) is 0. The van der Waals surface area contributed by atoms with Gasteiger partial charge in [-0.2, -0.15) is 0 Å². The predicted octanol–water partition coefficient (Wildman–Crippen LogP) is 3.41. The molecule has 1 saturated carbocycles. The van der Waals surface area contributed by atoms with Crippen molar-refractivity contribution in [2.24, 2.45) is 17.8 Å². The summed E-state index contributed by atoms with van der Waals surface area (Å²) >= 11 is 0. The summed E-state index contributed by atoms with van der Waals surface area (Å²) in [5.74, 6) is 2.33. The monoisotopic (exact) mass is 150 g/mol. The third-order valence-electron chi connectivity index (χ3n) is 2.91. The molecule has 1 rings (SSSR count). The lowest BCUT2D eigenvalue weighted by Crippen LogP contribution is -2.19. The van der Waals surface area contributed by atoms with Crippen LogP contribution < -0.4 is 0 Å². The van der Waals surface area contributed by atoms with Gasteiger partial charge in [0.15, 0.2) is 0 Å². The average Bonchev–Trinajstić information content (AvgIpc) is 2.04. The highest BCUT2D eigenvalue weighted by Gasteiger charge is 2.23. The minimum Gasteiger partial charge on any atom is -0.103 e. The Bertz CT molecular complexity index is 146. The molecule has 0 nitrogen and oxygen atoms in total. The molecule has 0 aromatic heterocycles. The van der Waals surface area contributed by atoms with E-state index < -0.39 is 0 Å². The number of rotatable bonds is 2. The topological polar surface area (TPSA) is 0 Å². The highest BCUT2D eigenvalue weighted by atomic mass is 14.3. The van der Waals surface area contributed by atoms with Crippen LogP contribution in [0.3, 0.4) is 0 Å². The summed E-state index contributed by atoms with van der Waals surface area (Å²) < 4.78 is 0. The van der Waals surface area contributed by atoms with Crippen molar-refractivity contribution in [2.45, 2.75) is 26.2 Å². The van der Waals surface area contributed by atoms with E-state index in [9.17, 15) is 0 Å². The first-order valence-corrected chi connectivity index (χ1v) is 4.53. The Kier molecular flexibility index (Phi) is 2.92. The second-order valence-corrected chi connectivity index (χ2v) is 3.69. The van der Waals surface area contributed by atoms with Crippen LogP contribution in [0.25, 0.3) is 0 Å². The first-order chi connectivity index (χ1) is 5.27. The van der Waals surface area contributed by atoms with Crippen molar-refractivity contribution in [3.05, 3.63) is 25.3 Å². The summed E-state index contributed by atoms with van der Waals surface area (Å²) in [6.07, 6.45) is 8.14. The van der Waals surface area contributed by atoms with Gasteiger partial charge in [-0.05, 0) is 37.0 Å². The van der Waals surface area contributed by atoms with Gasteiger partial charge in [0, 0.05) is 0 Å². The maximum Gasteiger partial charge on any atom is -0.0210 e. The van der Waals surface area contributed by atoms with Crippen LogP contribution in [0.4, 0.5) is 0 Å². The summed E-state index contributed by atoms with van der Waals surface area (Å²) in [7, 11) is 0. The van der Waals surface area contributed by atoms with E-state index in [2.05, 4.69) is 32.2 Å². The molecule has 1 aliphatic rings. The van der Waals surface area contributed by atoms with Gasteiger partial charge < -0.3 is 0 Å². The molecule has 0 amide bonds. The van der Waals surface area contributed by atoms with Crippen LogP contribution in [0.1, 0.15) is 26.2 Å². The van der Waals surface area contributed by atoms with E-state index in [-0.39, 0.29) is 0 Å². The molecule has 1 aliphatic carbocycles. The quantitative estimate of drug-likeness (QED) is 0.529. The minimum atomic E-state index is 0.756. The van der Waals surface area contributed by atoms with Crippen LogP contribution in [0.5, 0.6) is 0 Å². The summed E-state index contributed by atoms with van der Waals surface area (Å²) in [5.41, 5.74) is 0. The van der Waals surface area contributed by atoms with E-state index in [0.717, 1.165) is 17.8 Å². The zero-order valence-electron chi connectivity index (χ0n) is 7.42. The third kappa shape index (κ3) is 1.95. The first kappa shape index (κ1) is 8.58. The molecule has 3 unspecified atom stereocenters. The van der Waals surface area contributed by atoms with Crippen molar-refractivity contribution in [1.29, 1.82) is 0 Å². The Morgan fingerprint density at radius 2 is 1.91 bits per heavy atom. The zero-order valence-corrected chi connectivity index (χ0v) is 7.42. The van der Waals surface area contributed by atoms with Crippen LogP contribution in [-0.4, -0.2) is 0 Å². The highest BCUT2D eigenvalue weighted by Crippen LogP contribution is 2.34. The van der Waals surface area contributed by atoms with Gasteiger partial charge in [0.2, 0.25) is 0 Å². The van der Waals surface area contributed by atoms with E-state index in [4.69, 9.17) is 0 Å². The van der Waals surface area contributed by atoms with Gasteiger partial charge in [-0.25, -0.2) is 0 Å². The van der Waals surface area contributed by atoms with Crippen LogP contribution in [-0.2, 0) is 0 Å². The molecule has 0 radical (unpaired) electrons. The molecule has 0 saturated heterocycles. The van der Waals surface area contributed by atoms with E-state index in [1.54, 1.807) is 0 Å². The Morgan fingerprint density at radius 3 is 2.36 bits per heavy atom. The van der Waals surface area contributed by atoms with Crippen LogP contribution in [0.15, 0.2) is 25.3 Å². The summed E-state index contributed by atoms with van der Waals surface area (Å²) in [6.45, 7) is 10.0. The second kappa shape index (κ2) is 3.75. The highest BCUT2D eigenvalue weighted by molar-refractivity contribution is 4.92. The Labute approximate surface area is 70.0 Å². The molecule has 1 fully saturated rings. The fourth-order valence-electron chi connectivity index (χ4n) is 2.03. The zero-order chi connectivity index (χ0) is 8.27. The summed E-state index contributed by atoms with van der Waals surface area (Å²) in [4.78, 5) is 0. The standard InChI is InChI=1S/C11H18/c1-4-10-6-7-11(5-2)9(3)8-10/h4-5,9-11H,1-2,6-8H2,3H3. The lowest BCUT2D eigenvalue weighted by molar-refractivity contribution is 0.261. The molecule has 3 atom stereocenters. The first-order valence-electron chi connectivity index (χ1n) is 4.53. The van der Waals surface area contributed by atoms with Crippen molar-refractivity contribution < 1.29 is 0 Å². The van der Waals surface area contributed by atoms with Crippen LogP contribution in [0.2, 0.25) is 0 Å². The molecule has 62 valence electrons. The number of hydrogen-bond acceptors (Lipinski definition) is 0. The molecular formula is C11H18. The lowest BCUT2D eigenvalue weighted by atomic mass is 9.75. The maximum absolute atomic E-state index is 3.86. The molecule has 0 aromatic rings. The smallest absolute Gasteiger partial charge is 0.0210 e. The molecule has 0 bridgehead atoms. The third-order valence-corrected chi connectivity index (χ3v) is 2.91. The van der Waals surface area contributed by atoms with Crippen molar-refractivity contribution in [3.63, 3.8) is 0 Å². The van der Waals surface area contributed by atoms with Gasteiger partial charge in [-0.15, -0.1) is 13.2 Å². The summed E-state index contributed by atoms with van der Waals surface area (Å²) in [6, 6.07) is 0. The largest absolute Gasteiger partial charge is 0.103 e. The van der Waals surface area contributed by atoms with E-state index in [1.807, 2.05) is 0 Å². The Balaban J connectivity index is 2.46. The predicted molar refractivity (Wildman–Crippen MR) is 50.4 cm³/mol. The SMILES string of the molecule is C=CC1CCC(C=C)C(C)C1. The maximum atomic E-state index is 3.86. The second-order valence-electron chi connectivity index (χ2n) is 3.69. The molecule has 0 heteroatoms. The van der Waals surface area contributed by atoms with Gasteiger partial charge >= 0.3 is 0 Å². The molecule has 0 heterocycles. The van der Waals surface area contributed by atoms with Gasteiger partial charge in [0.25, 0.3) is 0 Å². The molecule has 0 spiro atoms. The lowest BCUT2D eigenvalue weighted by Gasteiger charge is -2.30. The van der Waals surface area contributed by atoms with Gasteiger partial charge in [-0.3, -0.25) is 0 Å². The average molecular weight is 150 g/mol. The van der Waals surface area contributed by atoms with Crippen molar-refractivity contribution in [1.82, 2.24) is 0 Å². The molecule has 11 heavy (non-hydrogen) atoms. The fourth-order valence-corrected chi connectivity index (χ4v) is 2.03. The van der Waals surface area contributed by atoms with Gasteiger partial charge in [-0.1, -0.05) is 19.1 Å². The Morgan fingerprint density at radius 1 is 1.18 bits per heavy atom. The molecule has 0 aromatic carbocycles. The molecule has 0 N–H and O–H groups in total. The van der Waals surface area contributed by atoms with E-state index in [1.165, 1.54) is 19.3 Å². The van der Waals surface area contributed by atoms with Gasteiger partial charge in [0.05, 0.1) is 0 Å². The van der Waals surface area contributed by atoms with Crippen LogP contribution in [0, 0.1) is 17.8 Å². The number of allylic oxidation sites excluding steroid dienone is 2. The molecule has 0 aliphatic heterocycles. The molecular weight excluding hydrogens is 132 g/mol. The van der Waals surface area contributed by atoms with Gasteiger partial charge in [0.1, 0.15) is 0 Å². The van der Waals surface area contributed by atoms with Crippen molar-refractivity contribution in [2.75, 3.05) is 0 Å². The van der Waals surface area contributed by atoms with Crippen molar-refractivity contribution >= 4 is 0 Å². The van der Waals surface area contributed by atoms with Crippen molar-refractivity contribution in [3.8, 4) is 0 Å². The van der Waals surface area contributed by atoms with E-state index >= 15 is 0 Å². The minimum absolute atomic E-state index is 0.756.